The van der Waals surface area contributed by atoms with Gasteiger partial charge in [-0.1, -0.05) is 0 Å². The number of aryl methyl sites for hydroxylation is 1. The Morgan fingerprint density at radius 3 is 2.93 bits per heavy atom. The van der Waals surface area contributed by atoms with Crippen molar-refractivity contribution in [3.63, 3.8) is 0 Å². The highest BCUT2D eigenvalue weighted by atomic mass is 16.5. The van der Waals surface area contributed by atoms with Gasteiger partial charge in [-0.2, -0.15) is 0 Å². The van der Waals surface area contributed by atoms with Crippen LogP contribution in [0.1, 0.15) is 36.0 Å². The molecule has 1 atom stereocenters. The Labute approximate surface area is 160 Å². The second-order valence-electron chi connectivity index (χ2n) is 8.57. The van der Waals surface area contributed by atoms with E-state index < -0.39 is 0 Å². The first-order valence-corrected chi connectivity index (χ1v) is 10.2. The quantitative estimate of drug-likeness (QED) is 0.736. The Hall–Kier alpha value is -1.85. The van der Waals surface area contributed by atoms with Gasteiger partial charge in [0.25, 0.3) is 5.91 Å². The lowest BCUT2D eigenvalue weighted by Gasteiger charge is -2.50. The molecule has 1 saturated carbocycles. The molecule has 27 heavy (non-hydrogen) atoms. The summed E-state index contributed by atoms with van der Waals surface area (Å²) in [4.78, 5) is 14.8. The fourth-order valence-electron chi connectivity index (χ4n) is 4.64. The maximum Gasteiger partial charge on any atom is 0.254 e. The third-order valence-corrected chi connectivity index (χ3v) is 6.60. The number of carbonyl (C=O) groups excluding carboxylic acids is 1. The summed E-state index contributed by atoms with van der Waals surface area (Å²) in [7, 11) is 2.02. The lowest BCUT2D eigenvalue weighted by Crippen LogP contribution is -2.66. The molecule has 1 aromatic heterocycles. The molecule has 2 aromatic rings. The van der Waals surface area contributed by atoms with E-state index in [1.807, 2.05) is 36.3 Å². The third kappa shape index (κ3) is 3.17. The molecule has 1 aliphatic carbocycles. The van der Waals surface area contributed by atoms with Crippen molar-refractivity contribution in [2.45, 2.75) is 31.3 Å². The molecule has 0 N–H and O–H groups in total. The summed E-state index contributed by atoms with van der Waals surface area (Å²) in [5, 5.41) is 1.11. The van der Waals surface area contributed by atoms with Crippen LogP contribution in [0.3, 0.4) is 0 Å². The van der Waals surface area contributed by atoms with Crippen molar-refractivity contribution in [2.24, 2.45) is 18.9 Å². The molecule has 0 bridgehead atoms. The predicted molar refractivity (Wildman–Crippen MR) is 104 cm³/mol. The summed E-state index contributed by atoms with van der Waals surface area (Å²) in [6.07, 6.45) is 6.83. The average Bonchev–Trinajstić information content (AvgIpc) is 3.26. The third-order valence-electron chi connectivity index (χ3n) is 6.60. The summed E-state index contributed by atoms with van der Waals surface area (Å²) in [6, 6.07) is 8.03. The van der Waals surface area contributed by atoms with Crippen molar-refractivity contribution in [2.75, 3.05) is 32.9 Å². The number of benzene rings is 1. The number of nitrogens with zero attached hydrogens (tertiary/aromatic N) is 2. The first-order valence-electron chi connectivity index (χ1n) is 10.2. The van der Waals surface area contributed by atoms with Crippen LogP contribution in [-0.4, -0.2) is 53.9 Å². The number of amides is 1. The molecular formula is C22H28N2O3. The van der Waals surface area contributed by atoms with E-state index in [2.05, 4.69) is 10.6 Å². The highest BCUT2D eigenvalue weighted by molar-refractivity contribution is 5.98. The van der Waals surface area contributed by atoms with E-state index in [9.17, 15) is 4.79 Å². The van der Waals surface area contributed by atoms with Gasteiger partial charge in [0.05, 0.1) is 13.1 Å². The molecule has 1 aromatic carbocycles. The fraction of sp³-hybridized carbons (Fsp3) is 0.591. The minimum atomic E-state index is -0.130. The van der Waals surface area contributed by atoms with Crippen molar-refractivity contribution >= 4 is 16.8 Å². The number of ether oxygens (including phenoxy) is 2. The first-order chi connectivity index (χ1) is 13.1. The van der Waals surface area contributed by atoms with Crippen LogP contribution in [0, 0.1) is 11.8 Å². The van der Waals surface area contributed by atoms with Crippen molar-refractivity contribution in [3.05, 3.63) is 36.0 Å². The van der Waals surface area contributed by atoms with E-state index in [-0.39, 0.29) is 11.5 Å². The van der Waals surface area contributed by atoms with Gasteiger partial charge in [0.15, 0.2) is 0 Å². The molecule has 5 heteroatoms. The molecule has 3 aliphatic rings. The van der Waals surface area contributed by atoms with Gasteiger partial charge in [0.2, 0.25) is 0 Å². The Balaban J connectivity index is 1.19. The zero-order chi connectivity index (χ0) is 18.4. The minimum Gasteiger partial charge on any atom is -0.381 e. The van der Waals surface area contributed by atoms with Gasteiger partial charge in [-0.05, 0) is 61.8 Å². The van der Waals surface area contributed by atoms with E-state index in [1.165, 1.54) is 12.8 Å². The highest BCUT2D eigenvalue weighted by Gasteiger charge is 2.54. The molecule has 1 spiro atoms. The van der Waals surface area contributed by atoms with Gasteiger partial charge >= 0.3 is 0 Å². The van der Waals surface area contributed by atoms with Crippen molar-refractivity contribution < 1.29 is 14.3 Å². The number of carbonyl (C=O) groups is 1. The SMILES string of the molecule is Cn1ccc2cc(C(=O)N3CC4(C3)OCC[C@@H]4CCOCC3CC3)ccc21. The van der Waals surface area contributed by atoms with E-state index in [1.54, 1.807) is 0 Å². The first kappa shape index (κ1) is 17.3. The number of fused-ring (bicyclic) bond motifs is 1. The van der Waals surface area contributed by atoms with Gasteiger partial charge in [-0.15, -0.1) is 0 Å². The van der Waals surface area contributed by atoms with Crippen LogP contribution in [-0.2, 0) is 16.5 Å². The van der Waals surface area contributed by atoms with E-state index in [4.69, 9.17) is 9.47 Å². The summed E-state index contributed by atoms with van der Waals surface area (Å²) in [6.45, 7) is 3.99. The average molecular weight is 368 g/mol. The standard InChI is InChI=1S/C22H28N2O3/c1-23-9-6-17-12-18(4-5-20(17)23)21(25)24-14-22(15-24)19(8-11-27-22)7-10-26-13-16-2-3-16/h4-6,9,12,16,19H,2-3,7-8,10-11,13-15H2,1H3/t19-/m0/s1. The molecule has 5 nitrogen and oxygen atoms in total. The highest BCUT2D eigenvalue weighted by Crippen LogP contribution is 2.42. The molecule has 3 fully saturated rings. The van der Waals surface area contributed by atoms with Crippen molar-refractivity contribution in [1.82, 2.24) is 9.47 Å². The number of aromatic nitrogens is 1. The van der Waals surface area contributed by atoms with E-state index in [0.29, 0.717) is 19.0 Å². The second kappa shape index (κ2) is 6.64. The van der Waals surface area contributed by atoms with Crippen LogP contribution >= 0.6 is 0 Å². The van der Waals surface area contributed by atoms with Crippen LogP contribution in [0.25, 0.3) is 10.9 Å². The van der Waals surface area contributed by atoms with Crippen LogP contribution in [0.5, 0.6) is 0 Å². The minimum absolute atomic E-state index is 0.116. The van der Waals surface area contributed by atoms with Crippen LogP contribution < -0.4 is 0 Å². The van der Waals surface area contributed by atoms with Gasteiger partial charge in [-0.25, -0.2) is 0 Å². The van der Waals surface area contributed by atoms with E-state index >= 15 is 0 Å². The fourth-order valence-corrected chi connectivity index (χ4v) is 4.64. The number of hydrogen-bond acceptors (Lipinski definition) is 3. The van der Waals surface area contributed by atoms with Crippen molar-refractivity contribution in [1.29, 1.82) is 0 Å². The molecule has 0 unspecified atom stereocenters. The molecular weight excluding hydrogens is 340 g/mol. The maximum absolute atomic E-state index is 12.9. The predicted octanol–water partition coefficient (Wildman–Crippen LogP) is 3.23. The molecule has 2 aliphatic heterocycles. The molecule has 1 amide bonds. The Bertz CT molecular complexity index is 848. The van der Waals surface area contributed by atoms with Crippen LogP contribution in [0.4, 0.5) is 0 Å². The zero-order valence-electron chi connectivity index (χ0n) is 16.0. The maximum atomic E-state index is 12.9. The summed E-state index contributed by atoms with van der Waals surface area (Å²) in [5.74, 6) is 1.44. The molecule has 5 rings (SSSR count). The lowest BCUT2D eigenvalue weighted by molar-refractivity contribution is -0.120. The zero-order valence-corrected chi connectivity index (χ0v) is 16.0. The Kier molecular flexibility index (Phi) is 4.25. The lowest BCUT2D eigenvalue weighted by atomic mass is 9.79. The molecule has 0 radical (unpaired) electrons. The number of likely N-dealkylation sites (tertiary alicyclic amines) is 1. The Morgan fingerprint density at radius 1 is 1.26 bits per heavy atom. The van der Waals surface area contributed by atoms with Gasteiger partial charge in [0.1, 0.15) is 5.60 Å². The molecule has 3 heterocycles. The van der Waals surface area contributed by atoms with Gasteiger partial charge in [0, 0.05) is 49.5 Å². The van der Waals surface area contributed by atoms with Crippen LogP contribution in [0.2, 0.25) is 0 Å². The number of rotatable bonds is 6. The molecule has 144 valence electrons. The summed E-state index contributed by atoms with van der Waals surface area (Å²) < 4.78 is 14.0. The normalized spacial score (nSPS) is 23.9. The summed E-state index contributed by atoms with van der Waals surface area (Å²) >= 11 is 0. The van der Waals surface area contributed by atoms with Gasteiger partial charge in [-0.3, -0.25) is 4.79 Å². The van der Waals surface area contributed by atoms with Gasteiger partial charge < -0.3 is 18.9 Å². The largest absolute Gasteiger partial charge is 0.381 e. The summed E-state index contributed by atoms with van der Waals surface area (Å²) in [5.41, 5.74) is 1.79. The van der Waals surface area contributed by atoms with E-state index in [0.717, 1.165) is 55.0 Å². The smallest absolute Gasteiger partial charge is 0.254 e. The van der Waals surface area contributed by atoms with Crippen LogP contribution in [0.15, 0.2) is 30.5 Å². The molecule has 2 saturated heterocycles. The second-order valence-corrected chi connectivity index (χ2v) is 8.57. The number of hydrogen-bond donors (Lipinski definition) is 0. The topological polar surface area (TPSA) is 43.7 Å². The monoisotopic (exact) mass is 368 g/mol. The Morgan fingerprint density at radius 2 is 2.11 bits per heavy atom. The van der Waals surface area contributed by atoms with Crippen molar-refractivity contribution in [3.8, 4) is 0 Å².